The standard InChI is InChI=1S/C22H24N4O4S2/c1-22(2,3)16-11-23-18(30-16)13-31-19-12-24-21(32-19)25-20(28)15-8-5-14(6-9-15)7-10-17(27)26-29-4/h5-12H,13H2,1-4H3,(H,26,27)(H,24,25,28)/b10-7+. The minimum Gasteiger partial charge on any atom is -0.444 e. The van der Waals surface area contributed by atoms with Gasteiger partial charge in [-0.05, 0) is 23.8 Å². The lowest BCUT2D eigenvalue weighted by Gasteiger charge is -2.12. The first-order chi connectivity index (χ1) is 15.2. The van der Waals surface area contributed by atoms with Crippen molar-refractivity contribution in [2.24, 2.45) is 0 Å². The van der Waals surface area contributed by atoms with Crippen LogP contribution >= 0.6 is 23.1 Å². The summed E-state index contributed by atoms with van der Waals surface area (Å²) in [6.07, 6.45) is 6.45. The van der Waals surface area contributed by atoms with Crippen LogP contribution in [0.15, 0.2) is 51.4 Å². The maximum Gasteiger partial charge on any atom is 0.267 e. The third-order valence-electron chi connectivity index (χ3n) is 4.14. The molecule has 2 N–H and O–H groups in total. The van der Waals surface area contributed by atoms with Gasteiger partial charge in [0.1, 0.15) is 5.76 Å². The average Bonchev–Trinajstić information content (AvgIpc) is 3.40. The molecule has 0 saturated heterocycles. The Labute approximate surface area is 194 Å². The Balaban J connectivity index is 1.53. The van der Waals surface area contributed by atoms with Crippen LogP contribution in [0.25, 0.3) is 6.08 Å². The van der Waals surface area contributed by atoms with Crippen molar-refractivity contribution in [1.82, 2.24) is 15.4 Å². The Morgan fingerprint density at radius 1 is 1.19 bits per heavy atom. The number of hydrogen-bond acceptors (Lipinski definition) is 8. The van der Waals surface area contributed by atoms with Gasteiger partial charge in [-0.1, -0.05) is 44.2 Å². The van der Waals surface area contributed by atoms with Crippen molar-refractivity contribution in [3.63, 3.8) is 0 Å². The van der Waals surface area contributed by atoms with Gasteiger partial charge in [0, 0.05) is 17.1 Å². The Kier molecular flexibility index (Phi) is 7.84. The lowest BCUT2D eigenvalue weighted by Crippen LogP contribution is -2.18. The van der Waals surface area contributed by atoms with Gasteiger partial charge in [-0.2, -0.15) is 0 Å². The van der Waals surface area contributed by atoms with Gasteiger partial charge in [0.2, 0.25) is 5.89 Å². The average molecular weight is 473 g/mol. The van der Waals surface area contributed by atoms with Crippen molar-refractivity contribution in [2.45, 2.75) is 36.1 Å². The van der Waals surface area contributed by atoms with Crippen LogP contribution in [0.2, 0.25) is 0 Å². The Bertz CT molecular complexity index is 1100. The highest BCUT2D eigenvalue weighted by Crippen LogP contribution is 2.32. The van der Waals surface area contributed by atoms with Crippen LogP contribution in [0.5, 0.6) is 0 Å². The van der Waals surface area contributed by atoms with E-state index < -0.39 is 0 Å². The number of hydrogen-bond donors (Lipinski definition) is 2. The molecular weight excluding hydrogens is 448 g/mol. The highest BCUT2D eigenvalue weighted by atomic mass is 32.2. The molecule has 0 unspecified atom stereocenters. The number of thiazole rings is 1. The van der Waals surface area contributed by atoms with E-state index in [2.05, 4.69) is 46.4 Å². The second kappa shape index (κ2) is 10.6. The smallest absolute Gasteiger partial charge is 0.267 e. The quantitative estimate of drug-likeness (QED) is 0.279. The number of hydroxylamine groups is 1. The van der Waals surface area contributed by atoms with Crippen LogP contribution in [0.3, 0.4) is 0 Å². The number of carbonyl (C=O) groups excluding carboxylic acids is 2. The number of benzene rings is 1. The van der Waals surface area contributed by atoms with Gasteiger partial charge in [-0.25, -0.2) is 15.4 Å². The first-order valence-corrected chi connectivity index (χ1v) is 11.5. The predicted octanol–water partition coefficient (Wildman–Crippen LogP) is 4.66. The molecule has 0 spiro atoms. The zero-order valence-electron chi connectivity index (χ0n) is 18.2. The fourth-order valence-corrected chi connectivity index (χ4v) is 4.18. The topological polar surface area (TPSA) is 106 Å². The number of rotatable bonds is 8. The molecule has 168 valence electrons. The summed E-state index contributed by atoms with van der Waals surface area (Å²) in [5.41, 5.74) is 3.38. The molecule has 0 aliphatic carbocycles. The molecule has 0 bridgehead atoms. The summed E-state index contributed by atoms with van der Waals surface area (Å²) < 4.78 is 6.75. The molecule has 3 aromatic rings. The molecule has 1 aromatic carbocycles. The predicted molar refractivity (Wildman–Crippen MR) is 125 cm³/mol. The number of amides is 2. The third kappa shape index (κ3) is 6.78. The number of aromatic nitrogens is 2. The fourth-order valence-electron chi connectivity index (χ4n) is 2.46. The van der Waals surface area contributed by atoms with E-state index in [9.17, 15) is 9.59 Å². The molecule has 2 aromatic heterocycles. The van der Waals surface area contributed by atoms with Crippen LogP contribution in [0.4, 0.5) is 5.13 Å². The summed E-state index contributed by atoms with van der Waals surface area (Å²) >= 11 is 2.94. The van der Waals surface area contributed by atoms with Crippen molar-refractivity contribution in [3.8, 4) is 0 Å². The number of nitrogens with zero attached hydrogens (tertiary/aromatic N) is 2. The van der Waals surface area contributed by atoms with Crippen molar-refractivity contribution in [1.29, 1.82) is 0 Å². The minimum absolute atomic E-state index is 0.0784. The van der Waals surface area contributed by atoms with Gasteiger partial charge in [-0.3, -0.25) is 19.7 Å². The number of anilines is 1. The van der Waals surface area contributed by atoms with Crippen LogP contribution < -0.4 is 10.8 Å². The first-order valence-electron chi connectivity index (χ1n) is 9.71. The summed E-state index contributed by atoms with van der Waals surface area (Å²) in [5, 5.41) is 3.32. The molecule has 0 aliphatic heterocycles. The van der Waals surface area contributed by atoms with E-state index in [1.54, 1.807) is 54.5 Å². The van der Waals surface area contributed by atoms with Crippen LogP contribution in [0.1, 0.15) is 48.3 Å². The van der Waals surface area contributed by atoms with Crippen LogP contribution in [-0.4, -0.2) is 28.9 Å². The minimum atomic E-state index is -0.371. The van der Waals surface area contributed by atoms with Crippen molar-refractivity contribution in [3.05, 3.63) is 65.5 Å². The monoisotopic (exact) mass is 472 g/mol. The Morgan fingerprint density at radius 2 is 1.94 bits per heavy atom. The summed E-state index contributed by atoms with van der Waals surface area (Å²) in [5.74, 6) is 1.47. The number of carbonyl (C=O) groups is 2. The van der Waals surface area contributed by atoms with Gasteiger partial charge < -0.3 is 4.42 Å². The van der Waals surface area contributed by atoms with E-state index in [0.717, 1.165) is 15.5 Å². The fraction of sp³-hybridized carbons (Fsp3) is 0.273. The number of oxazole rings is 1. The summed E-state index contributed by atoms with van der Waals surface area (Å²) in [6, 6.07) is 6.86. The maximum atomic E-state index is 12.5. The molecule has 3 rings (SSSR count). The second-order valence-corrected chi connectivity index (χ2v) is 10.0. The highest BCUT2D eigenvalue weighted by Gasteiger charge is 2.19. The summed E-state index contributed by atoms with van der Waals surface area (Å²) in [7, 11) is 1.36. The molecule has 0 saturated carbocycles. The van der Waals surface area contributed by atoms with Crippen molar-refractivity contribution >= 4 is 46.1 Å². The van der Waals surface area contributed by atoms with Crippen LogP contribution in [0, 0.1) is 0 Å². The molecule has 0 atom stereocenters. The second-order valence-electron chi connectivity index (χ2n) is 7.72. The molecule has 2 heterocycles. The van der Waals surface area contributed by atoms with Gasteiger partial charge >= 0.3 is 0 Å². The highest BCUT2D eigenvalue weighted by molar-refractivity contribution is 8.00. The molecule has 0 aliphatic rings. The zero-order valence-corrected chi connectivity index (χ0v) is 19.8. The molecule has 10 heteroatoms. The Morgan fingerprint density at radius 3 is 2.59 bits per heavy atom. The molecular formula is C22H24N4O4S2. The lowest BCUT2D eigenvalue weighted by molar-refractivity contribution is -0.126. The molecule has 8 nitrogen and oxygen atoms in total. The number of thioether (sulfide) groups is 1. The molecule has 2 amide bonds. The zero-order chi connectivity index (χ0) is 23.1. The van der Waals surface area contributed by atoms with Gasteiger partial charge in [0.25, 0.3) is 11.8 Å². The van der Waals surface area contributed by atoms with Gasteiger partial charge in [-0.15, -0.1) is 11.8 Å². The van der Waals surface area contributed by atoms with E-state index in [0.29, 0.717) is 22.3 Å². The summed E-state index contributed by atoms with van der Waals surface area (Å²) in [6.45, 7) is 6.23. The first kappa shape index (κ1) is 23.7. The van der Waals surface area contributed by atoms with Gasteiger partial charge in [0.05, 0.1) is 29.5 Å². The molecule has 0 radical (unpaired) electrons. The Hall–Kier alpha value is -2.95. The van der Waals surface area contributed by atoms with E-state index in [4.69, 9.17) is 4.42 Å². The SMILES string of the molecule is CONC(=O)/C=C/c1ccc(C(=O)Nc2ncc(SCc3ncc(C(C)(C)C)o3)s2)cc1. The molecule has 32 heavy (non-hydrogen) atoms. The van der Waals surface area contributed by atoms with E-state index in [-0.39, 0.29) is 17.2 Å². The number of nitrogens with one attached hydrogen (secondary N) is 2. The normalized spacial score (nSPS) is 11.6. The van der Waals surface area contributed by atoms with Crippen LogP contribution in [-0.2, 0) is 20.8 Å². The van der Waals surface area contributed by atoms with Crippen molar-refractivity contribution < 1.29 is 18.8 Å². The third-order valence-corrected chi connectivity index (χ3v) is 6.23. The van der Waals surface area contributed by atoms with Crippen molar-refractivity contribution in [2.75, 3.05) is 12.4 Å². The maximum absolute atomic E-state index is 12.5. The summed E-state index contributed by atoms with van der Waals surface area (Å²) in [4.78, 5) is 37.0. The lowest BCUT2D eigenvalue weighted by atomic mass is 9.94. The molecule has 0 fully saturated rings. The van der Waals surface area contributed by atoms with Gasteiger partial charge in [0.15, 0.2) is 5.13 Å². The van der Waals surface area contributed by atoms with E-state index in [1.165, 1.54) is 24.5 Å². The largest absolute Gasteiger partial charge is 0.444 e. The van der Waals surface area contributed by atoms with E-state index in [1.807, 2.05) is 0 Å². The van der Waals surface area contributed by atoms with E-state index >= 15 is 0 Å².